The molecule has 0 fully saturated rings. The minimum absolute atomic E-state index is 0.204. The van der Waals surface area contributed by atoms with Gasteiger partial charge < -0.3 is 4.42 Å². The Morgan fingerprint density at radius 2 is 1.44 bits per heavy atom. The summed E-state index contributed by atoms with van der Waals surface area (Å²) in [5.74, 6) is 1.92. The Labute approximate surface area is 212 Å². The van der Waals surface area contributed by atoms with Crippen LogP contribution in [-0.4, -0.2) is 9.97 Å². The summed E-state index contributed by atoms with van der Waals surface area (Å²) in [5.41, 5.74) is 7.50. The van der Waals surface area contributed by atoms with Crippen molar-refractivity contribution >= 4 is 43.6 Å². The Bertz CT molecular complexity index is 1770. The minimum atomic E-state index is 0.204. The summed E-state index contributed by atoms with van der Waals surface area (Å²) in [5, 5.41) is 5.81. The maximum Gasteiger partial charge on any atom is 0.144 e. The summed E-state index contributed by atoms with van der Waals surface area (Å²) in [7, 11) is 0. The first kappa shape index (κ1) is 22.7. The summed E-state index contributed by atoms with van der Waals surface area (Å²) in [6.45, 7) is 13.4. The maximum absolute atomic E-state index is 6.42. The van der Waals surface area contributed by atoms with E-state index in [1.54, 1.807) is 0 Å². The topological polar surface area (TPSA) is 38.9 Å². The van der Waals surface area contributed by atoms with Crippen LogP contribution in [0.4, 0.5) is 0 Å². The van der Waals surface area contributed by atoms with Crippen molar-refractivity contribution in [3.8, 4) is 11.3 Å². The Morgan fingerprint density at radius 1 is 0.667 bits per heavy atom. The highest BCUT2D eigenvalue weighted by atomic mass is 16.3. The molecule has 0 saturated carbocycles. The molecule has 6 rings (SSSR count). The molecule has 2 aromatic heterocycles. The number of nitrogens with zero attached hydrogens (tertiary/aromatic N) is 2. The van der Waals surface area contributed by atoms with Crippen LogP contribution in [0, 0.1) is 0 Å². The van der Waals surface area contributed by atoms with Crippen LogP contribution >= 0.6 is 0 Å². The smallest absolute Gasteiger partial charge is 0.144 e. The molecule has 4 aromatic carbocycles. The Balaban J connectivity index is 1.76. The van der Waals surface area contributed by atoms with Gasteiger partial charge in [-0.1, -0.05) is 90.1 Å². The zero-order valence-electron chi connectivity index (χ0n) is 21.9. The Morgan fingerprint density at radius 3 is 2.19 bits per heavy atom. The second-order valence-corrected chi connectivity index (χ2v) is 10.8. The molecule has 0 spiro atoms. The second kappa shape index (κ2) is 8.44. The van der Waals surface area contributed by atoms with E-state index in [0.717, 1.165) is 49.9 Å². The fourth-order valence-corrected chi connectivity index (χ4v) is 5.31. The highest BCUT2D eigenvalue weighted by Gasteiger charge is 2.21. The van der Waals surface area contributed by atoms with Gasteiger partial charge in [-0.25, -0.2) is 9.97 Å². The average molecular weight is 473 g/mol. The maximum atomic E-state index is 6.42. The van der Waals surface area contributed by atoms with Crippen LogP contribution in [0.15, 0.2) is 71.1 Å². The van der Waals surface area contributed by atoms with E-state index in [2.05, 4.69) is 96.1 Å². The molecule has 0 saturated heterocycles. The molecule has 180 valence electrons. The SMILES string of the molecule is CC(C)c1cc(C(C)C)c2c(ccc3c(-c4cccc5c4oc4ccccc45)nc(C(C)C)nc32)c1. The van der Waals surface area contributed by atoms with Gasteiger partial charge in [0.2, 0.25) is 0 Å². The van der Waals surface area contributed by atoms with E-state index in [9.17, 15) is 0 Å². The molecule has 0 aliphatic rings. The lowest BCUT2D eigenvalue weighted by molar-refractivity contribution is 0.669. The van der Waals surface area contributed by atoms with Gasteiger partial charge in [0, 0.05) is 33.0 Å². The number of aromatic nitrogens is 2. The molecule has 6 aromatic rings. The summed E-state index contributed by atoms with van der Waals surface area (Å²) >= 11 is 0. The molecule has 3 nitrogen and oxygen atoms in total. The standard InChI is InChI=1S/C33H32N2O/c1-18(2)22-16-21-14-15-25-30(26-12-9-11-24-23-10-7-8-13-28(23)36-32(24)26)34-33(20(5)6)35-31(25)29(21)27(17-22)19(3)4/h7-20H,1-6H3. The van der Waals surface area contributed by atoms with E-state index < -0.39 is 0 Å². The largest absolute Gasteiger partial charge is 0.455 e. The monoisotopic (exact) mass is 472 g/mol. The van der Waals surface area contributed by atoms with Crippen LogP contribution in [0.3, 0.4) is 0 Å². The summed E-state index contributed by atoms with van der Waals surface area (Å²) in [6.07, 6.45) is 0. The summed E-state index contributed by atoms with van der Waals surface area (Å²) in [4.78, 5) is 10.3. The predicted molar refractivity (Wildman–Crippen MR) is 152 cm³/mol. The molecule has 0 aliphatic heterocycles. The van der Waals surface area contributed by atoms with E-state index in [4.69, 9.17) is 14.4 Å². The number of benzene rings is 4. The zero-order chi connectivity index (χ0) is 25.1. The minimum Gasteiger partial charge on any atom is -0.455 e. The fourth-order valence-electron chi connectivity index (χ4n) is 5.31. The van der Waals surface area contributed by atoms with Crippen LogP contribution < -0.4 is 0 Å². The predicted octanol–water partition coefficient (Wildman–Crippen LogP) is 9.72. The van der Waals surface area contributed by atoms with Gasteiger partial charge >= 0.3 is 0 Å². The number of furan rings is 1. The normalized spacial score (nSPS) is 12.4. The van der Waals surface area contributed by atoms with Gasteiger partial charge in [-0.05, 0) is 46.5 Å². The number of hydrogen-bond acceptors (Lipinski definition) is 3. The third-order valence-corrected chi connectivity index (χ3v) is 7.32. The van der Waals surface area contributed by atoms with Crippen LogP contribution in [0.1, 0.15) is 76.2 Å². The number of hydrogen-bond donors (Lipinski definition) is 0. The molecule has 0 atom stereocenters. The highest BCUT2D eigenvalue weighted by Crippen LogP contribution is 2.41. The van der Waals surface area contributed by atoms with Gasteiger partial charge in [0.1, 0.15) is 17.0 Å². The van der Waals surface area contributed by atoms with E-state index in [-0.39, 0.29) is 5.92 Å². The Hall–Kier alpha value is -3.72. The molecular weight excluding hydrogens is 440 g/mol. The third kappa shape index (κ3) is 3.49. The quantitative estimate of drug-likeness (QED) is 0.240. The van der Waals surface area contributed by atoms with Gasteiger partial charge in [-0.3, -0.25) is 0 Å². The van der Waals surface area contributed by atoms with Crippen molar-refractivity contribution in [1.82, 2.24) is 9.97 Å². The van der Waals surface area contributed by atoms with Crippen molar-refractivity contribution in [2.24, 2.45) is 0 Å². The number of rotatable bonds is 4. The van der Waals surface area contributed by atoms with Gasteiger partial charge in [-0.2, -0.15) is 0 Å². The first-order chi connectivity index (χ1) is 17.3. The first-order valence-electron chi connectivity index (χ1n) is 13.0. The van der Waals surface area contributed by atoms with Crippen molar-refractivity contribution in [2.75, 3.05) is 0 Å². The molecule has 3 heteroatoms. The van der Waals surface area contributed by atoms with Crippen LogP contribution in [0.5, 0.6) is 0 Å². The molecule has 0 amide bonds. The van der Waals surface area contributed by atoms with Crippen LogP contribution in [-0.2, 0) is 0 Å². The summed E-state index contributed by atoms with van der Waals surface area (Å²) < 4.78 is 6.42. The third-order valence-electron chi connectivity index (χ3n) is 7.32. The lowest BCUT2D eigenvalue weighted by Gasteiger charge is -2.18. The lowest BCUT2D eigenvalue weighted by Crippen LogP contribution is -2.03. The average Bonchev–Trinajstić information content (AvgIpc) is 3.26. The fraction of sp³-hybridized carbons (Fsp3) is 0.273. The van der Waals surface area contributed by atoms with Gasteiger partial charge in [0.15, 0.2) is 0 Å². The molecule has 36 heavy (non-hydrogen) atoms. The van der Waals surface area contributed by atoms with Crippen LogP contribution in [0.25, 0.3) is 54.9 Å². The van der Waals surface area contributed by atoms with E-state index in [1.807, 2.05) is 12.1 Å². The van der Waals surface area contributed by atoms with Crippen molar-refractivity contribution < 1.29 is 4.42 Å². The molecule has 2 heterocycles. The second-order valence-electron chi connectivity index (χ2n) is 10.8. The van der Waals surface area contributed by atoms with Gasteiger partial charge in [0.05, 0.1) is 11.2 Å². The van der Waals surface area contributed by atoms with Gasteiger partial charge in [0.25, 0.3) is 0 Å². The Kier molecular flexibility index (Phi) is 5.33. The highest BCUT2D eigenvalue weighted by molar-refractivity contribution is 6.15. The summed E-state index contributed by atoms with van der Waals surface area (Å²) in [6, 6.07) is 23.8. The molecule has 0 radical (unpaired) electrons. The van der Waals surface area contributed by atoms with E-state index >= 15 is 0 Å². The lowest BCUT2D eigenvalue weighted by atomic mass is 9.88. The molecule has 0 unspecified atom stereocenters. The molecular formula is C33H32N2O. The molecule has 0 N–H and O–H groups in total. The van der Waals surface area contributed by atoms with Crippen LogP contribution in [0.2, 0.25) is 0 Å². The number of para-hydroxylation sites is 2. The van der Waals surface area contributed by atoms with Crippen molar-refractivity contribution in [3.63, 3.8) is 0 Å². The first-order valence-corrected chi connectivity index (χ1v) is 13.0. The number of fused-ring (bicyclic) bond motifs is 6. The van der Waals surface area contributed by atoms with Crippen molar-refractivity contribution in [2.45, 2.75) is 59.3 Å². The van der Waals surface area contributed by atoms with Crippen molar-refractivity contribution in [1.29, 1.82) is 0 Å². The molecule has 0 bridgehead atoms. The van der Waals surface area contributed by atoms with E-state index in [1.165, 1.54) is 21.9 Å². The molecule has 0 aliphatic carbocycles. The van der Waals surface area contributed by atoms with E-state index in [0.29, 0.717) is 11.8 Å². The van der Waals surface area contributed by atoms with Crippen molar-refractivity contribution in [3.05, 3.63) is 83.7 Å². The van der Waals surface area contributed by atoms with Gasteiger partial charge in [-0.15, -0.1) is 0 Å². The zero-order valence-corrected chi connectivity index (χ0v) is 21.9.